The molecule has 0 saturated carbocycles. The summed E-state index contributed by atoms with van der Waals surface area (Å²) in [5.41, 5.74) is 15.4. The van der Waals surface area contributed by atoms with Gasteiger partial charge >= 0.3 is 0 Å². The van der Waals surface area contributed by atoms with Gasteiger partial charge in [-0.1, -0.05) is 12.2 Å². The van der Waals surface area contributed by atoms with E-state index in [0.717, 1.165) is 0 Å². The lowest BCUT2D eigenvalue weighted by atomic mass is 10.2. The molecule has 0 fully saturated rings. The normalized spacial score (nSPS) is 11.5. The number of anilines is 2. The molecule has 5 heterocycles. The fourth-order valence-electron chi connectivity index (χ4n) is 5.68. The van der Waals surface area contributed by atoms with Crippen molar-refractivity contribution in [1.29, 1.82) is 0 Å². The minimum Gasteiger partial charge on any atom is -0.366 e. The number of rotatable bonds is 12. The van der Waals surface area contributed by atoms with Crippen LogP contribution in [0.3, 0.4) is 0 Å². The van der Waals surface area contributed by atoms with Gasteiger partial charge in [-0.15, -0.1) is 0 Å². The number of aromatic nitrogens is 9. The first kappa shape index (κ1) is 34.7. The van der Waals surface area contributed by atoms with Gasteiger partial charge < -0.3 is 16.0 Å². The van der Waals surface area contributed by atoms with E-state index in [1.807, 2.05) is 26.0 Å². The Labute approximate surface area is 298 Å². The topological polar surface area (TPSA) is 229 Å². The molecule has 51 heavy (non-hydrogen) atoms. The number of aryl methyl sites for hydroxylation is 4. The van der Waals surface area contributed by atoms with Crippen molar-refractivity contribution >= 4 is 73.7 Å². The van der Waals surface area contributed by atoms with Crippen LogP contribution in [0.25, 0.3) is 22.2 Å². The molecule has 1 aromatic carbocycles. The van der Waals surface area contributed by atoms with Crippen molar-refractivity contribution in [2.75, 3.05) is 10.6 Å². The molecule has 4 amide bonds. The molecule has 0 aliphatic heterocycles. The molecule has 17 nitrogen and oxygen atoms in total. The van der Waals surface area contributed by atoms with Gasteiger partial charge in [-0.05, 0) is 74.0 Å². The van der Waals surface area contributed by atoms with Gasteiger partial charge in [0.1, 0.15) is 16.9 Å². The number of carbonyl (C=O) groups is 4. The molecule has 6 aromatic rings. The van der Waals surface area contributed by atoms with Crippen molar-refractivity contribution in [1.82, 2.24) is 43.6 Å². The van der Waals surface area contributed by atoms with E-state index in [1.165, 1.54) is 12.3 Å². The van der Waals surface area contributed by atoms with E-state index in [2.05, 4.69) is 51.7 Å². The lowest BCUT2D eigenvalue weighted by Gasteiger charge is -2.10. The fourth-order valence-corrected chi connectivity index (χ4v) is 6.34. The fraction of sp³-hybridized carbons (Fsp3) is 0.242. The third-order valence-electron chi connectivity index (χ3n) is 8.01. The van der Waals surface area contributed by atoms with E-state index < -0.39 is 23.6 Å². The van der Waals surface area contributed by atoms with Crippen molar-refractivity contribution < 1.29 is 19.2 Å². The number of halogens is 1. The number of pyridine rings is 1. The molecule has 6 rings (SSSR count). The van der Waals surface area contributed by atoms with Crippen molar-refractivity contribution in [3.63, 3.8) is 0 Å². The number of carbonyl (C=O) groups excluding carboxylic acids is 4. The number of imidazole rings is 2. The third kappa shape index (κ3) is 6.85. The van der Waals surface area contributed by atoms with E-state index in [0.29, 0.717) is 62.5 Å². The molecule has 0 spiro atoms. The Kier molecular flexibility index (Phi) is 9.51. The van der Waals surface area contributed by atoms with Gasteiger partial charge in [0.15, 0.2) is 5.65 Å². The number of nitrogens with zero attached hydrogens (tertiary/aromatic N) is 9. The van der Waals surface area contributed by atoms with Gasteiger partial charge in [-0.3, -0.25) is 43.7 Å². The van der Waals surface area contributed by atoms with Gasteiger partial charge in [0.05, 0.1) is 28.0 Å². The van der Waals surface area contributed by atoms with E-state index in [1.54, 1.807) is 56.6 Å². The van der Waals surface area contributed by atoms with Gasteiger partial charge in [-0.2, -0.15) is 10.2 Å². The maximum atomic E-state index is 13.4. The van der Waals surface area contributed by atoms with Crippen LogP contribution in [0.15, 0.2) is 53.2 Å². The van der Waals surface area contributed by atoms with E-state index in [4.69, 9.17) is 11.5 Å². The van der Waals surface area contributed by atoms with Crippen LogP contribution in [-0.4, -0.2) is 67.3 Å². The number of fused-ring (bicyclic) bond motifs is 2. The van der Waals surface area contributed by atoms with Gasteiger partial charge in [0.25, 0.3) is 11.8 Å². The molecule has 0 saturated heterocycles. The Morgan fingerprint density at radius 1 is 0.745 bits per heavy atom. The number of nitrogens with two attached hydrogens (primary N) is 2. The first-order valence-corrected chi connectivity index (χ1v) is 16.7. The second-order valence-corrected chi connectivity index (χ2v) is 12.4. The van der Waals surface area contributed by atoms with Gasteiger partial charge in [-0.25, -0.2) is 15.0 Å². The zero-order valence-electron chi connectivity index (χ0n) is 28.1. The molecular weight excluding hydrogens is 722 g/mol. The SMILES string of the molecule is CCn1nc(C)cc1C(=O)Nc1nc2cc(C(N)=O)cnc2n1CC=CCn1c(NC(=O)c2cc(C)nn2CC)nc2cc(C(N)=O)cc(Br)c21. The standard InChI is InChI=1S/C33H34BrN13O4/c1-5-46-24(11-17(3)42-46)30(50)40-32-38-22-14-19(27(35)48)13-21(34)26(22)44(32)9-7-8-10-45-29-23(15-20(16-37-29)28(36)49)39-33(45)41-31(51)25-12-18(4)43-47(25)6-2/h7-8,11-16H,5-6,9-10H2,1-4H3,(H2,35,48)(H2,36,49)(H,38,40,50)(H,39,41,51). The van der Waals surface area contributed by atoms with Crippen LogP contribution >= 0.6 is 15.9 Å². The number of nitrogens with one attached hydrogen (secondary N) is 2. The van der Waals surface area contributed by atoms with Crippen LogP contribution in [0.5, 0.6) is 0 Å². The second-order valence-electron chi connectivity index (χ2n) is 11.6. The van der Waals surface area contributed by atoms with Crippen molar-refractivity contribution in [2.24, 2.45) is 11.5 Å². The number of primary amides is 2. The molecule has 262 valence electrons. The summed E-state index contributed by atoms with van der Waals surface area (Å²) < 4.78 is 7.20. The molecule has 0 aliphatic carbocycles. The average molecular weight is 757 g/mol. The van der Waals surface area contributed by atoms with Crippen molar-refractivity contribution in [2.45, 2.75) is 53.9 Å². The molecule has 0 bridgehead atoms. The molecule has 0 unspecified atom stereocenters. The summed E-state index contributed by atoms with van der Waals surface area (Å²) in [4.78, 5) is 64.3. The molecule has 0 radical (unpaired) electrons. The lowest BCUT2D eigenvalue weighted by Crippen LogP contribution is -2.20. The van der Waals surface area contributed by atoms with Crippen LogP contribution < -0.4 is 22.1 Å². The summed E-state index contributed by atoms with van der Waals surface area (Å²) >= 11 is 3.54. The monoisotopic (exact) mass is 755 g/mol. The number of amides is 4. The predicted octanol–water partition coefficient (Wildman–Crippen LogP) is 3.55. The molecule has 5 aromatic heterocycles. The zero-order chi connectivity index (χ0) is 36.6. The van der Waals surface area contributed by atoms with Crippen LogP contribution in [0.1, 0.15) is 66.9 Å². The maximum absolute atomic E-state index is 13.4. The molecule has 18 heteroatoms. The summed E-state index contributed by atoms with van der Waals surface area (Å²) in [5, 5.41) is 14.5. The Balaban J connectivity index is 1.34. The predicted molar refractivity (Wildman–Crippen MR) is 192 cm³/mol. The lowest BCUT2D eigenvalue weighted by molar-refractivity contribution is 0.0991. The van der Waals surface area contributed by atoms with Crippen LogP contribution in [0.4, 0.5) is 11.9 Å². The minimum absolute atomic E-state index is 0.170. The Morgan fingerprint density at radius 2 is 1.25 bits per heavy atom. The first-order valence-electron chi connectivity index (χ1n) is 15.9. The molecule has 0 aliphatic rings. The van der Waals surface area contributed by atoms with Crippen molar-refractivity contribution in [3.8, 4) is 0 Å². The average Bonchev–Trinajstić information content (AvgIpc) is 3.85. The smallest absolute Gasteiger partial charge is 0.276 e. The third-order valence-corrected chi connectivity index (χ3v) is 8.62. The number of hydrogen-bond donors (Lipinski definition) is 4. The minimum atomic E-state index is -0.661. The number of allylic oxidation sites excluding steroid dienone is 2. The highest BCUT2D eigenvalue weighted by molar-refractivity contribution is 9.10. The Hall–Kier alpha value is -6.17. The molecule has 0 atom stereocenters. The number of hydrogen-bond acceptors (Lipinski definition) is 9. The van der Waals surface area contributed by atoms with Crippen LogP contribution in [0.2, 0.25) is 0 Å². The van der Waals surface area contributed by atoms with Gasteiger partial charge in [0.2, 0.25) is 23.7 Å². The van der Waals surface area contributed by atoms with E-state index in [9.17, 15) is 19.2 Å². The van der Waals surface area contributed by atoms with E-state index >= 15 is 0 Å². The highest BCUT2D eigenvalue weighted by Gasteiger charge is 2.22. The Bertz CT molecular complexity index is 2400. The quantitative estimate of drug-likeness (QED) is 0.134. The summed E-state index contributed by atoms with van der Waals surface area (Å²) in [6, 6.07) is 8.04. The zero-order valence-corrected chi connectivity index (χ0v) is 29.7. The van der Waals surface area contributed by atoms with Crippen molar-refractivity contribution in [3.05, 3.63) is 87.1 Å². The van der Waals surface area contributed by atoms with Crippen LogP contribution in [-0.2, 0) is 26.2 Å². The van der Waals surface area contributed by atoms with Crippen LogP contribution in [0, 0.1) is 13.8 Å². The highest BCUT2D eigenvalue weighted by Crippen LogP contribution is 2.30. The summed E-state index contributed by atoms with van der Waals surface area (Å²) in [5.74, 6) is -1.69. The largest absolute Gasteiger partial charge is 0.366 e. The summed E-state index contributed by atoms with van der Waals surface area (Å²) in [7, 11) is 0. The number of benzene rings is 1. The Morgan fingerprint density at radius 3 is 1.80 bits per heavy atom. The van der Waals surface area contributed by atoms with Gasteiger partial charge in [0, 0.05) is 42.4 Å². The summed E-state index contributed by atoms with van der Waals surface area (Å²) in [6.45, 7) is 8.80. The van der Waals surface area contributed by atoms with E-state index in [-0.39, 0.29) is 36.1 Å². The first-order chi connectivity index (χ1) is 24.4. The maximum Gasteiger partial charge on any atom is 0.276 e. The molecule has 6 N–H and O–H groups in total. The highest BCUT2D eigenvalue weighted by atomic mass is 79.9. The second kappa shape index (κ2) is 14.0. The molecular formula is C33H34BrN13O4. The summed E-state index contributed by atoms with van der Waals surface area (Å²) in [6.07, 6.45) is 5.03.